The van der Waals surface area contributed by atoms with Gasteiger partial charge >= 0.3 is 5.97 Å². The Bertz CT molecular complexity index is 377. The number of esters is 1. The quantitative estimate of drug-likeness (QED) is 0.754. The monoisotopic (exact) mass is 236 g/mol. The molecule has 94 valence electrons. The van der Waals surface area contributed by atoms with E-state index in [1.807, 2.05) is 52.0 Å². The van der Waals surface area contributed by atoms with Gasteiger partial charge in [-0.2, -0.15) is 0 Å². The van der Waals surface area contributed by atoms with Gasteiger partial charge in [0.15, 0.2) is 0 Å². The van der Waals surface area contributed by atoms with E-state index in [4.69, 9.17) is 9.47 Å². The molecule has 0 aromatic heterocycles. The van der Waals surface area contributed by atoms with Crippen molar-refractivity contribution in [2.45, 2.75) is 39.2 Å². The fourth-order valence-corrected chi connectivity index (χ4v) is 1.60. The molecule has 1 aromatic rings. The Labute approximate surface area is 103 Å². The summed E-state index contributed by atoms with van der Waals surface area (Å²) >= 11 is 0. The van der Waals surface area contributed by atoms with E-state index in [1.165, 1.54) is 7.11 Å². The Balaban J connectivity index is 2.90. The number of carbonyl (C=O) groups excluding carboxylic acids is 1. The highest BCUT2D eigenvalue weighted by Gasteiger charge is 2.30. The number of hydrogen-bond acceptors (Lipinski definition) is 3. The minimum atomic E-state index is -0.634. The topological polar surface area (TPSA) is 35.5 Å². The molecule has 0 bridgehead atoms. The predicted octanol–water partition coefficient (Wildman–Crippen LogP) is 2.92. The molecule has 0 heterocycles. The lowest BCUT2D eigenvalue weighted by atomic mass is 9.85. The van der Waals surface area contributed by atoms with E-state index in [9.17, 15) is 4.79 Å². The third-order valence-corrected chi connectivity index (χ3v) is 2.64. The fourth-order valence-electron chi connectivity index (χ4n) is 1.60. The number of hydrogen-bond donors (Lipinski definition) is 0. The molecular formula is C14H20O3. The van der Waals surface area contributed by atoms with Crippen LogP contribution in [0.4, 0.5) is 0 Å². The Morgan fingerprint density at radius 3 is 2.12 bits per heavy atom. The van der Waals surface area contributed by atoms with Crippen molar-refractivity contribution in [3.63, 3.8) is 0 Å². The van der Waals surface area contributed by atoms with Gasteiger partial charge in [-0.15, -0.1) is 0 Å². The maximum Gasteiger partial charge on any atom is 0.315 e. The summed E-state index contributed by atoms with van der Waals surface area (Å²) in [6, 6.07) is 7.54. The molecule has 0 saturated carbocycles. The maximum absolute atomic E-state index is 11.6. The van der Waals surface area contributed by atoms with Crippen molar-refractivity contribution < 1.29 is 14.3 Å². The molecular weight excluding hydrogens is 216 g/mol. The predicted molar refractivity (Wildman–Crippen MR) is 67.2 cm³/mol. The Hall–Kier alpha value is -1.51. The number of carbonyl (C=O) groups is 1. The van der Waals surface area contributed by atoms with Gasteiger partial charge in [0.2, 0.25) is 0 Å². The van der Waals surface area contributed by atoms with Gasteiger partial charge in [0.25, 0.3) is 0 Å². The van der Waals surface area contributed by atoms with Crippen molar-refractivity contribution in [1.82, 2.24) is 0 Å². The van der Waals surface area contributed by atoms with Crippen molar-refractivity contribution in [3.05, 3.63) is 29.8 Å². The van der Waals surface area contributed by atoms with Crippen LogP contribution in [0, 0.1) is 0 Å². The van der Waals surface area contributed by atoms with E-state index >= 15 is 0 Å². The van der Waals surface area contributed by atoms with E-state index in [1.54, 1.807) is 0 Å². The summed E-state index contributed by atoms with van der Waals surface area (Å²) in [7, 11) is 1.40. The lowest BCUT2D eigenvalue weighted by Crippen LogP contribution is -2.30. The summed E-state index contributed by atoms with van der Waals surface area (Å²) in [5, 5.41) is 0. The van der Waals surface area contributed by atoms with Gasteiger partial charge in [0, 0.05) is 0 Å². The van der Waals surface area contributed by atoms with Gasteiger partial charge < -0.3 is 9.47 Å². The smallest absolute Gasteiger partial charge is 0.315 e. The van der Waals surface area contributed by atoms with Crippen LogP contribution in [0.2, 0.25) is 0 Å². The first-order valence-electron chi connectivity index (χ1n) is 5.73. The number of benzene rings is 1. The first-order chi connectivity index (χ1) is 7.87. The molecule has 0 N–H and O–H groups in total. The molecule has 0 amide bonds. The molecule has 0 aliphatic carbocycles. The van der Waals surface area contributed by atoms with Crippen molar-refractivity contribution in [2.75, 3.05) is 7.11 Å². The molecule has 0 radical (unpaired) electrons. The molecule has 1 aromatic carbocycles. The minimum absolute atomic E-state index is 0.148. The second kappa shape index (κ2) is 5.21. The van der Waals surface area contributed by atoms with Gasteiger partial charge in [0.1, 0.15) is 5.75 Å². The summed E-state index contributed by atoms with van der Waals surface area (Å²) in [6.07, 6.45) is 0.148. The molecule has 17 heavy (non-hydrogen) atoms. The van der Waals surface area contributed by atoms with Gasteiger partial charge in [0.05, 0.1) is 18.6 Å². The van der Waals surface area contributed by atoms with Gasteiger partial charge in [-0.05, 0) is 45.4 Å². The van der Waals surface area contributed by atoms with Crippen LogP contribution in [-0.4, -0.2) is 19.2 Å². The normalized spacial score (nSPS) is 11.4. The van der Waals surface area contributed by atoms with Crippen molar-refractivity contribution in [3.8, 4) is 5.75 Å². The van der Waals surface area contributed by atoms with E-state index in [-0.39, 0.29) is 12.1 Å². The van der Waals surface area contributed by atoms with Crippen LogP contribution in [0.3, 0.4) is 0 Å². The first-order valence-corrected chi connectivity index (χ1v) is 5.73. The Morgan fingerprint density at radius 1 is 1.18 bits per heavy atom. The molecule has 0 atom stereocenters. The molecule has 0 unspecified atom stereocenters. The molecule has 0 fully saturated rings. The van der Waals surface area contributed by atoms with Crippen molar-refractivity contribution in [1.29, 1.82) is 0 Å². The van der Waals surface area contributed by atoms with Gasteiger partial charge in [-0.1, -0.05) is 12.1 Å². The highest BCUT2D eigenvalue weighted by Crippen LogP contribution is 2.26. The molecule has 0 spiro atoms. The second-order valence-corrected chi connectivity index (χ2v) is 4.81. The third-order valence-electron chi connectivity index (χ3n) is 2.64. The van der Waals surface area contributed by atoms with Gasteiger partial charge in [-0.25, -0.2) is 0 Å². The van der Waals surface area contributed by atoms with Crippen LogP contribution >= 0.6 is 0 Å². The lowest BCUT2D eigenvalue weighted by molar-refractivity contribution is -0.146. The standard InChI is InChI=1S/C14H20O3/c1-10(2)17-12-8-6-11(7-9-12)14(3,4)13(15)16-5/h6-10H,1-5H3. The zero-order chi connectivity index (χ0) is 13.1. The van der Waals surface area contributed by atoms with Crippen LogP contribution in [0.5, 0.6) is 5.75 Å². The summed E-state index contributed by atoms with van der Waals surface area (Å²) < 4.78 is 10.3. The molecule has 0 aliphatic heterocycles. The Kier molecular flexibility index (Phi) is 4.16. The number of ether oxygens (including phenoxy) is 2. The second-order valence-electron chi connectivity index (χ2n) is 4.81. The van der Waals surface area contributed by atoms with E-state index in [0.29, 0.717) is 0 Å². The number of methoxy groups -OCH3 is 1. The molecule has 0 aliphatic rings. The average molecular weight is 236 g/mol. The van der Waals surface area contributed by atoms with Crippen LogP contribution in [0.15, 0.2) is 24.3 Å². The maximum atomic E-state index is 11.6. The van der Waals surface area contributed by atoms with Crippen LogP contribution in [0.25, 0.3) is 0 Å². The SMILES string of the molecule is COC(=O)C(C)(C)c1ccc(OC(C)C)cc1. The van der Waals surface area contributed by atoms with Crippen molar-refractivity contribution in [2.24, 2.45) is 0 Å². The summed E-state index contributed by atoms with van der Waals surface area (Å²) in [5.74, 6) is 0.569. The molecule has 3 nitrogen and oxygen atoms in total. The fraction of sp³-hybridized carbons (Fsp3) is 0.500. The molecule has 0 saturated heterocycles. The molecule has 1 rings (SSSR count). The Morgan fingerprint density at radius 2 is 1.71 bits per heavy atom. The van der Waals surface area contributed by atoms with E-state index in [2.05, 4.69) is 0 Å². The zero-order valence-electron chi connectivity index (χ0n) is 11.1. The molecule has 3 heteroatoms. The first kappa shape index (κ1) is 13.6. The summed E-state index contributed by atoms with van der Waals surface area (Å²) in [5.41, 5.74) is 0.283. The third kappa shape index (κ3) is 3.22. The summed E-state index contributed by atoms with van der Waals surface area (Å²) in [6.45, 7) is 7.65. The minimum Gasteiger partial charge on any atom is -0.491 e. The zero-order valence-corrected chi connectivity index (χ0v) is 11.1. The van der Waals surface area contributed by atoms with Crippen LogP contribution < -0.4 is 4.74 Å². The summed E-state index contributed by atoms with van der Waals surface area (Å²) in [4.78, 5) is 11.6. The van der Waals surface area contributed by atoms with Gasteiger partial charge in [-0.3, -0.25) is 4.79 Å². The van der Waals surface area contributed by atoms with Crippen molar-refractivity contribution >= 4 is 5.97 Å². The largest absolute Gasteiger partial charge is 0.491 e. The van der Waals surface area contributed by atoms with Crippen LogP contribution in [-0.2, 0) is 14.9 Å². The number of rotatable bonds is 4. The van der Waals surface area contributed by atoms with E-state index in [0.717, 1.165) is 11.3 Å². The highest BCUT2D eigenvalue weighted by molar-refractivity contribution is 5.82. The van der Waals surface area contributed by atoms with Crippen LogP contribution in [0.1, 0.15) is 33.3 Å². The average Bonchev–Trinajstić information content (AvgIpc) is 2.27. The van der Waals surface area contributed by atoms with E-state index < -0.39 is 5.41 Å². The lowest BCUT2D eigenvalue weighted by Gasteiger charge is -2.22. The highest BCUT2D eigenvalue weighted by atomic mass is 16.5.